The first-order valence-corrected chi connectivity index (χ1v) is 10.9. The van der Waals surface area contributed by atoms with Gasteiger partial charge in [-0.2, -0.15) is 0 Å². The standard InChI is InChI=1S/C22H28ClN5O2/c1-4-16-10-7-8-12-27(16)14-18-24-20-19(21(29)26(3)22(30)25(20)2)28(18)13-15-9-5-6-11-17(15)23/h5-6,9,11,16H,4,7-8,10,12-14H2,1-3H3/t16-/m1/s1. The highest BCUT2D eigenvalue weighted by atomic mass is 35.5. The second kappa shape index (κ2) is 8.40. The molecule has 7 nitrogen and oxygen atoms in total. The summed E-state index contributed by atoms with van der Waals surface area (Å²) in [5.74, 6) is 0.795. The van der Waals surface area contributed by atoms with Gasteiger partial charge in [0, 0.05) is 25.2 Å². The lowest BCUT2D eigenvalue weighted by Crippen LogP contribution is -2.39. The van der Waals surface area contributed by atoms with E-state index in [2.05, 4.69) is 11.8 Å². The van der Waals surface area contributed by atoms with E-state index < -0.39 is 0 Å². The Morgan fingerprint density at radius 3 is 2.60 bits per heavy atom. The molecule has 1 atom stereocenters. The minimum atomic E-state index is -0.370. The maximum absolute atomic E-state index is 13.1. The Hall–Kier alpha value is -2.38. The van der Waals surface area contributed by atoms with Crippen LogP contribution in [0.3, 0.4) is 0 Å². The van der Waals surface area contributed by atoms with E-state index in [0.29, 0.717) is 35.3 Å². The average molecular weight is 430 g/mol. The quantitative estimate of drug-likeness (QED) is 0.625. The lowest BCUT2D eigenvalue weighted by atomic mass is 10.00. The molecular formula is C22H28ClN5O2. The van der Waals surface area contributed by atoms with E-state index in [1.165, 1.54) is 30.9 Å². The van der Waals surface area contributed by atoms with Crippen molar-refractivity contribution in [1.29, 1.82) is 0 Å². The van der Waals surface area contributed by atoms with E-state index in [0.717, 1.165) is 28.9 Å². The number of imidazole rings is 1. The Labute approximate surface area is 180 Å². The number of nitrogens with zero attached hydrogens (tertiary/aromatic N) is 5. The summed E-state index contributed by atoms with van der Waals surface area (Å²) in [5.41, 5.74) is 1.09. The molecule has 2 aromatic heterocycles. The van der Waals surface area contributed by atoms with Gasteiger partial charge in [0.05, 0.1) is 13.1 Å². The molecule has 0 N–H and O–H groups in total. The highest BCUT2D eigenvalue weighted by Gasteiger charge is 2.25. The van der Waals surface area contributed by atoms with Gasteiger partial charge in [-0.25, -0.2) is 9.78 Å². The first-order valence-electron chi connectivity index (χ1n) is 10.5. The Morgan fingerprint density at radius 1 is 1.10 bits per heavy atom. The van der Waals surface area contributed by atoms with Crippen LogP contribution in [0.2, 0.25) is 5.02 Å². The molecule has 4 rings (SSSR count). The van der Waals surface area contributed by atoms with Crippen LogP contribution in [-0.2, 0) is 27.2 Å². The number of likely N-dealkylation sites (tertiary alicyclic amines) is 1. The van der Waals surface area contributed by atoms with Crippen LogP contribution >= 0.6 is 11.6 Å². The van der Waals surface area contributed by atoms with Crippen molar-refractivity contribution in [3.8, 4) is 0 Å². The van der Waals surface area contributed by atoms with E-state index in [4.69, 9.17) is 16.6 Å². The van der Waals surface area contributed by atoms with Gasteiger partial charge in [-0.15, -0.1) is 0 Å². The Bertz CT molecular complexity index is 1190. The number of aryl methyl sites for hydroxylation is 1. The zero-order valence-electron chi connectivity index (χ0n) is 17.8. The van der Waals surface area contributed by atoms with E-state index in [-0.39, 0.29) is 11.2 Å². The van der Waals surface area contributed by atoms with Crippen LogP contribution in [-0.4, -0.2) is 36.2 Å². The van der Waals surface area contributed by atoms with Gasteiger partial charge in [-0.05, 0) is 37.4 Å². The van der Waals surface area contributed by atoms with Gasteiger partial charge >= 0.3 is 5.69 Å². The molecule has 0 unspecified atom stereocenters. The fourth-order valence-electron chi connectivity index (χ4n) is 4.49. The Balaban J connectivity index is 1.89. The molecule has 30 heavy (non-hydrogen) atoms. The van der Waals surface area contributed by atoms with Crippen molar-refractivity contribution in [3.05, 3.63) is 61.5 Å². The zero-order chi connectivity index (χ0) is 21.4. The van der Waals surface area contributed by atoms with Gasteiger partial charge in [-0.1, -0.05) is 43.1 Å². The van der Waals surface area contributed by atoms with Crippen LogP contribution in [0.1, 0.15) is 44.0 Å². The van der Waals surface area contributed by atoms with Crippen molar-refractivity contribution in [1.82, 2.24) is 23.6 Å². The van der Waals surface area contributed by atoms with Gasteiger partial charge < -0.3 is 4.57 Å². The normalized spacial score (nSPS) is 17.7. The third-order valence-electron chi connectivity index (χ3n) is 6.28. The Morgan fingerprint density at radius 2 is 1.87 bits per heavy atom. The maximum Gasteiger partial charge on any atom is 0.332 e. The van der Waals surface area contributed by atoms with Crippen molar-refractivity contribution >= 4 is 22.8 Å². The SMILES string of the molecule is CC[C@@H]1CCCCN1Cc1nc2c(c(=O)n(C)c(=O)n2C)n1Cc1ccccc1Cl. The molecule has 1 aliphatic rings. The molecule has 0 saturated carbocycles. The molecule has 8 heteroatoms. The molecule has 1 saturated heterocycles. The van der Waals surface area contributed by atoms with Gasteiger partial charge in [-0.3, -0.25) is 18.8 Å². The molecule has 0 amide bonds. The van der Waals surface area contributed by atoms with E-state index in [1.807, 2.05) is 28.8 Å². The first kappa shape index (κ1) is 20.9. The van der Waals surface area contributed by atoms with Crippen LogP contribution in [0, 0.1) is 0 Å². The van der Waals surface area contributed by atoms with Gasteiger partial charge in [0.2, 0.25) is 0 Å². The zero-order valence-corrected chi connectivity index (χ0v) is 18.5. The first-order chi connectivity index (χ1) is 14.4. The molecular weight excluding hydrogens is 402 g/mol. The number of hydrogen-bond donors (Lipinski definition) is 0. The molecule has 3 aromatic rings. The summed E-state index contributed by atoms with van der Waals surface area (Å²) in [6.45, 7) is 4.32. The number of halogens is 1. The lowest BCUT2D eigenvalue weighted by Gasteiger charge is -2.34. The molecule has 1 fully saturated rings. The number of benzene rings is 1. The summed E-state index contributed by atoms with van der Waals surface area (Å²) >= 11 is 6.43. The van der Waals surface area contributed by atoms with Gasteiger partial charge in [0.15, 0.2) is 11.2 Å². The summed E-state index contributed by atoms with van der Waals surface area (Å²) in [6.07, 6.45) is 4.69. The predicted molar refractivity (Wildman–Crippen MR) is 119 cm³/mol. The number of rotatable bonds is 5. The topological polar surface area (TPSA) is 65.1 Å². The molecule has 1 aromatic carbocycles. The minimum Gasteiger partial charge on any atom is -0.316 e. The second-order valence-electron chi connectivity index (χ2n) is 8.11. The van der Waals surface area contributed by atoms with Crippen LogP contribution in [0.25, 0.3) is 11.2 Å². The van der Waals surface area contributed by atoms with E-state index >= 15 is 0 Å². The minimum absolute atomic E-state index is 0.329. The van der Waals surface area contributed by atoms with E-state index in [1.54, 1.807) is 7.05 Å². The lowest BCUT2D eigenvalue weighted by molar-refractivity contribution is 0.131. The average Bonchev–Trinajstić information content (AvgIpc) is 3.10. The number of hydrogen-bond acceptors (Lipinski definition) is 4. The smallest absolute Gasteiger partial charge is 0.316 e. The van der Waals surface area contributed by atoms with Crippen molar-refractivity contribution in [2.24, 2.45) is 14.1 Å². The fraction of sp³-hybridized carbons (Fsp3) is 0.500. The van der Waals surface area contributed by atoms with Crippen LogP contribution in [0.5, 0.6) is 0 Å². The summed E-state index contributed by atoms with van der Waals surface area (Å²) < 4.78 is 4.54. The van der Waals surface area contributed by atoms with Crippen molar-refractivity contribution < 1.29 is 0 Å². The molecule has 0 radical (unpaired) electrons. The highest BCUT2D eigenvalue weighted by Crippen LogP contribution is 2.24. The maximum atomic E-state index is 13.1. The van der Waals surface area contributed by atoms with Crippen molar-refractivity contribution in [3.63, 3.8) is 0 Å². The van der Waals surface area contributed by atoms with Crippen LogP contribution in [0.15, 0.2) is 33.9 Å². The van der Waals surface area contributed by atoms with Crippen LogP contribution < -0.4 is 11.2 Å². The summed E-state index contributed by atoms with van der Waals surface area (Å²) in [7, 11) is 3.17. The molecule has 3 heterocycles. The second-order valence-corrected chi connectivity index (χ2v) is 8.52. The monoisotopic (exact) mass is 429 g/mol. The third kappa shape index (κ3) is 3.61. The summed E-state index contributed by atoms with van der Waals surface area (Å²) in [4.78, 5) is 32.8. The molecule has 0 aliphatic carbocycles. The van der Waals surface area contributed by atoms with Crippen LogP contribution in [0.4, 0.5) is 0 Å². The summed E-state index contributed by atoms with van der Waals surface area (Å²) in [5, 5.41) is 0.649. The predicted octanol–water partition coefficient (Wildman–Crippen LogP) is 2.90. The number of aromatic nitrogens is 4. The summed E-state index contributed by atoms with van der Waals surface area (Å²) in [6, 6.07) is 8.15. The highest BCUT2D eigenvalue weighted by molar-refractivity contribution is 6.31. The molecule has 160 valence electrons. The van der Waals surface area contributed by atoms with Crippen molar-refractivity contribution in [2.45, 2.75) is 51.7 Å². The van der Waals surface area contributed by atoms with Crippen molar-refractivity contribution in [2.75, 3.05) is 6.54 Å². The largest absolute Gasteiger partial charge is 0.332 e. The van der Waals surface area contributed by atoms with Gasteiger partial charge in [0.25, 0.3) is 5.56 Å². The molecule has 1 aliphatic heterocycles. The Kier molecular flexibility index (Phi) is 5.84. The van der Waals surface area contributed by atoms with Gasteiger partial charge in [0.1, 0.15) is 5.82 Å². The number of piperidine rings is 1. The fourth-order valence-corrected chi connectivity index (χ4v) is 4.69. The van der Waals surface area contributed by atoms with E-state index in [9.17, 15) is 9.59 Å². The number of fused-ring (bicyclic) bond motifs is 1. The molecule has 0 spiro atoms. The third-order valence-corrected chi connectivity index (χ3v) is 6.65. The molecule has 0 bridgehead atoms.